The minimum absolute atomic E-state index is 0.0422. The van der Waals surface area contributed by atoms with Crippen molar-refractivity contribution >= 4 is 19.8 Å². The number of carbonyl (C=O) groups is 2. The minimum atomic E-state index is -4.63. The lowest BCUT2D eigenvalue weighted by molar-refractivity contribution is -0.870. The summed E-state index contributed by atoms with van der Waals surface area (Å²) >= 11 is 0. The topological polar surface area (TPSA) is 111 Å². The molecule has 10 heteroatoms. The second-order valence-corrected chi connectivity index (χ2v) is 18.5. The van der Waals surface area contributed by atoms with Crippen molar-refractivity contribution < 1.29 is 42.1 Å². The predicted octanol–water partition coefficient (Wildman–Crippen LogP) is 14.2. The summed E-state index contributed by atoms with van der Waals surface area (Å²) in [5.74, 6) is -0.886. The Morgan fingerprint density at radius 2 is 0.877 bits per heavy atom. The number of nitrogens with zero attached hydrogens (tertiary/aromatic N) is 1. The van der Waals surface area contributed by atoms with Crippen molar-refractivity contribution in [3.63, 3.8) is 0 Å². The number of quaternary nitrogens is 1. The highest BCUT2D eigenvalue weighted by molar-refractivity contribution is 7.45. The van der Waals surface area contributed by atoms with E-state index in [1.54, 1.807) is 0 Å². The maximum absolute atomic E-state index is 12.6. The molecule has 9 nitrogen and oxygen atoms in total. The Hall–Kier alpha value is -3.59. The number of esters is 2. The molecule has 0 N–H and O–H groups in total. The van der Waals surface area contributed by atoms with Gasteiger partial charge in [0.15, 0.2) is 6.10 Å². The molecular formula is C55H90NO8P. The van der Waals surface area contributed by atoms with Gasteiger partial charge in [-0.05, 0) is 89.9 Å². The van der Waals surface area contributed by atoms with E-state index in [0.717, 1.165) is 122 Å². The van der Waals surface area contributed by atoms with E-state index in [-0.39, 0.29) is 26.1 Å². The van der Waals surface area contributed by atoms with E-state index in [4.69, 9.17) is 18.5 Å². The van der Waals surface area contributed by atoms with Crippen LogP contribution >= 0.6 is 7.82 Å². The molecule has 0 aromatic carbocycles. The Labute approximate surface area is 397 Å². The fraction of sp³-hybridized carbons (Fsp3) is 0.600. The lowest BCUT2D eigenvalue weighted by Crippen LogP contribution is -2.37. The molecule has 0 rings (SSSR count). The summed E-state index contributed by atoms with van der Waals surface area (Å²) < 4.78 is 33.7. The van der Waals surface area contributed by atoms with Gasteiger partial charge >= 0.3 is 11.9 Å². The van der Waals surface area contributed by atoms with Crippen LogP contribution in [0.3, 0.4) is 0 Å². The van der Waals surface area contributed by atoms with Crippen molar-refractivity contribution in [3.05, 3.63) is 122 Å². The van der Waals surface area contributed by atoms with Crippen LogP contribution in [0.1, 0.15) is 162 Å². The number of hydrogen-bond acceptors (Lipinski definition) is 8. The first-order valence-electron chi connectivity index (χ1n) is 24.7. The third-order valence-corrected chi connectivity index (χ3v) is 10.7. The highest BCUT2D eigenvalue weighted by atomic mass is 31.2. The van der Waals surface area contributed by atoms with Gasteiger partial charge in [0.25, 0.3) is 7.82 Å². The molecule has 0 spiro atoms. The maximum Gasteiger partial charge on any atom is 0.306 e. The van der Waals surface area contributed by atoms with E-state index in [0.29, 0.717) is 17.4 Å². The van der Waals surface area contributed by atoms with Crippen LogP contribution < -0.4 is 4.89 Å². The molecule has 2 unspecified atom stereocenters. The summed E-state index contributed by atoms with van der Waals surface area (Å²) in [6, 6.07) is 0. The zero-order chi connectivity index (χ0) is 47.8. The number of phosphoric ester groups is 1. The molecule has 0 heterocycles. The molecule has 0 amide bonds. The smallest absolute Gasteiger partial charge is 0.306 e. The first kappa shape index (κ1) is 61.4. The summed E-state index contributed by atoms with van der Waals surface area (Å²) in [6.07, 6.45) is 64.2. The lowest BCUT2D eigenvalue weighted by atomic mass is 10.1. The Morgan fingerprint density at radius 3 is 1.31 bits per heavy atom. The molecule has 65 heavy (non-hydrogen) atoms. The Kier molecular flexibility index (Phi) is 43.0. The SMILES string of the molecule is CC/C=C\C/C=C\C/C=C\C/C=C\C/C=C\C/C=C\C/C=C\C/C=C\C/C=C\C/C=C\CCCCCCC(=O)OC(COC(=O)CCCCCCCC)COP(=O)([O-])OCC[N+](C)(C)C. The fourth-order valence-corrected chi connectivity index (χ4v) is 6.64. The molecule has 0 bridgehead atoms. The highest BCUT2D eigenvalue weighted by Crippen LogP contribution is 2.38. The van der Waals surface area contributed by atoms with E-state index in [2.05, 4.69) is 135 Å². The molecule has 0 saturated heterocycles. The molecule has 0 aromatic heterocycles. The van der Waals surface area contributed by atoms with Crippen molar-refractivity contribution in [2.45, 2.75) is 168 Å². The normalized spacial score (nSPS) is 14.5. The molecule has 0 aliphatic heterocycles. The molecule has 368 valence electrons. The number of carbonyl (C=O) groups excluding carboxylic acids is 2. The fourth-order valence-electron chi connectivity index (χ4n) is 5.92. The zero-order valence-electron chi connectivity index (χ0n) is 41.4. The van der Waals surface area contributed by atoms with Crippen LogP contribution in [0.4, 0.5) is 0 Å². The Morgan fingerprint density at radius 1 is 0.492 bits per heavy atom. The summed E-state index contributed by atoms with van der Waals surface area (Å²) in [7, 11) is 1.13. The summed E-state index contributed by atoms with van der Waals surface area (Å²) in [6.45, 7) is 3.98. The number of hydrogen-bond donors (Lipinski definition) is 0. The molecule has 0 aliphatic carbocycles. The molecule has 0 aromatic rings. The predicted molar refractivity (Wildman–Crippen MR) is 272 cm³/mol. The van der Waals surface area contributed by atoms with E-state index in [9.17, 15) is 19.0 Å². The van der Waals surface area contributed by atoms with Crippen LogP contribution in [0.25, 0.3) is 0 Å². The standard InChI is InChI=1S/C55H90NO8P/c1-6-8-10-12-14-15-16-17-18-19-20-21-22-23-24-25-26-27-28-29-30-31-32-33-34-35-36-37-38-39-40-41-42-44-46-48-55(58)64-53(51-61-54(57)47-45-43-13-11-9-7-2)52-63-65(59,60)62-50-49-56(3,4)5/h8,10,14-15,17-18,20-21,23-24,26-27,29-30,32-33,35-36,38-39,53H,6-7,9,11-13,16,19,22,25,28,31,34,37,40-52H2,1-5H3/b10-8-,15-14-,18-17-,21-20-,24-23-,27-26-,30-29-,33-32-,36-35-,39-38-. The first-order chi connectivity index (χ1) is 31.5. The van der Waals surface area contributed by atoms with Gasteiger partial charge in [-0.25, -0.2) is 0 Å². The van der Waals surface area contributed by atoms with Crippen LogP contribution in [-0.2, 0) is 32.7 Å². The van der Waals surface area contributed by atoms with E-state index < -0.39 is 32.5 Å². The third kappa shape index (κ3) is 49.7. The largest absolute Gasteiger partial charge is 0.756 e. The molecule has 0 aliphatic rings. The van der Waals surface area contributed by atoms with Gasteiger partial charge in [0.05, 0.1) is 27.7 Å². The number of allylic oxidation sites excluding steroid dienone is 20. The second kappa shape index (κ2) is 45.6. The van der Waals surface area contributed by atoms with E-state index in [1.165, 1.54) is 6.42 Å². The van der Waals surface area contributed by atoms with Crippen LogP contribution in [0.2, 0.25) is 0 Å². The number of likely N-dealkylation sites (N-methyl/N-ethyl adjacent to an activating group) is 1. The quantitative estimate of drug-likeness (QED) is 0.0195. The average Bonchev–Trinajstić information content (AvgIpc) is 3.26. The van der Waals surface area contributed by atoms with Gasteiger partial charge in [-0.1, -0.05) is 180 Å². The van der Waals surface area contributed by atoms with Gasteiger partial charge in [0.1, 0.15) is 19.8 Å². The van der Waals surface area contributed by atoms with Crippen molar-refractivity contribution in [3.8, 4) is 0 Å². The molecule has 0 fully saturated rings. The zero-order valence-corrected chi connectivity index (χ0v) is 42.3. The first-order valence-corrected chi connectivity index (χ1v) is 26.2. The van der Waals surface area contributed by atoms with Gasteiger partial charge in [-0.15, -0.1) is 0 Å². The van der Waals surface area contributed by atoms with E-state index in [1.807, 2.05) is 21.1 Å². The van der Waals surface area contributed by atoms with Gasteiger partial charge in [-0.3, -0.25) is 14.2 Å². The summed E-state index contributed by atoms with van der Waals surface area (Å²) in [4.78, 5) is 37.3. The van der Waals surface area contributed by atoms with Crippen molar-refractivity contribution in [1.29, 1.82) is 0 Å². The monoisotopic (exact) mass is 924 g/mol. The van der Waals surface area contributed by atoms with Crippen LogP contribution in [-0.4, -0.2) is 70.0 Å². The van der Waals surface area contributed by atoms with Gasteiger partial charge in [-0.2, -0.15) is 0 Å². The highest BCUT2D eigenvalue weighted by Gasteiger charge is 2.21. The number of rotatable bonds is 43. The van der Waals surface area contributed by atoms with Crippen molar-refractivity contribution in [2.24, 2.45) is 0 Å². The average molecular weight is 924 g/mol. The lowest BCUT2D eigenvalue weighted by Gasteiger charge is -2.28. The number of unbranched alkanes of at least 4 members (excludes halogenated alkanes) is 9. The number of phosphoric acid groups is 1. The van der Waals surface area contributed by atoms with Crippen LogP contribution in [0, 0.1) is 0 Å². The molecule has 2 atom stereocenters. The maximum atomic E-state index is 12.6. The van der Waals surface area contributed by atoms with Gasteiger partial charge < -0.3 is 27.9 Å². The van der Waals surface area contributed by atoms with Gasteiger partial charge in [0, 0.05) is 12.8 Å². The second-order valence-electron chi connectivity index (χ2n) is 17.1. The summed E-state index contributed by atoms with van der Waals surface area (Å²) in [5.41, 5.74) is 0. The van der Waals surface area contributed by atoms with Crippen LogP contribution in [0.15, 0.2) is 122 Å². The molecule has 0 radical (unpaired) electrons. The van der Waals surface area contributed by atoms with E-state index >= 15 is 0 Å². The third-order valence-electron chi connectivity index (χ3n) is 9.75. The summed E-state index contributed by atoms with van der Waals surface area (Å²) in [5, 5.41) is 0. The van der Waals surface area contributed by atoms with Crippen LogP contribution in [0.5, 0.6) is 0 Å². The minimum Gasteiger partial charge on any atom is -0.756 e. The van der Waals surface area contributed by atoms with Crippen molar-refractivity contribution in [1.82, 2.24) is 0 Å². The Bertz CT molecular complexity index is 1510. The molecular weight excluding hydrogens is 834 g/mol. The Balaban J connectivity index is 4.15. The van der Waals surface area contributed by atoms with Gasteiger partial charge in [0.2, 0.25) is 0 Å². The molecule has 0 saturated carbocycles. The number of ether oxygens (including phenoxy) is 2. The van der Waals surface area contributed by atoms with Crippen molar-refractivity contribution in [2.75, 3.05) is 47.5 Å².